The van der Waals surface area contributed by atoms with Crippen LogP contribution in [0.15, 0.2) is 36.5 Å². The van der Waals surface area contributed by atoms with E-state index in [4.69, 9.17) is 33.7 Å². The largest absolute Gasteiger partial charge is 0.506 e. The molecule has 0 saturated carbocycles. The number of ether oxygens (including phenoxy) is 1. The molecular weight excluding hydrogens is 328 g/mol. The van der Waals surface area contributed by atoms with E-state index in [-0.39, 0.29) is 16.9 Å². The third kappa shape index (κ3) is 2.49. The Kier molecular flexibility index (Phi) is 3.89. The molecule has 1 aliphatic rings. The zero-order valence-corrected chi connectivity index (χ0v) is 12.8. The van der Waals surface area contributed by atoms with Gasteiger partial charge in [0, 0.05) is 23.1 Å². The molecule has 0 spiro atoms. The van der Waals surface area contributed by atoms with Gasteiger partial charge in [0.15, 0.2) is 0 Å². The fraction of sp³-hybridized carbons (Fsp3) is 0.125. The average Bonchev–Trinajstić information content (AvgIpc) is 2.86. The van der Waals surface area contributed by atoms with Crippen LogP contribution in [-0.2, 0) is 6.42 Å². The molecule has 1 atom stereocenters. The van der Waals surface area contributed by atoms with Crippen molar-refractivity contribution >= 4 is 23.2 Å². The van der Waals surface area contributed by atoms with E-state index in [2.05, 4.69) is 0 Å². The van der Waals surface area contributed by atoms with Gasteiger partial charge < -0.3 is 15.6 Å². The molecule has 1 unspecified atom stereocenters. The van der Waals surface area contributed by atoms with E-state index in [1.165, 1.54) is 30.5 Å². The zero-order valence-electron chi connectivity index (χ0n) is 11.3. The molecule has 3 N–H and O–H groups in total. The number of aromatic hydroxyl groups is 1. The summed E-state index contributed by atoms with van der Waals surface area (Å²) in [6.45, 7) is 0. The summed E-state index contributed by atoms with van der Waals surface area (Å²) >= 11 is 12.3. The highest BCUT2D eigenvalue weighted by Crippen LogP contribution is 2.47. The third-order valence-electron chi connectivity index (χ3n) is 3.49. The van der Waals surface area contributed by atoms with Gasteiger partial charge in [0.2, 0.25) is 0 Å². The molecule has 1 aliphatic heterocycles. The number of benzene rings is 2. The Balaban J connectivity index is 2.21. The fourth-order valence-electron chi connectivity index (χ4n) is 2.56. The first-order valence-electron chi connectivity index (χ1n) is 6.56. The number of nitrogens with two attached hydrogens (primary N) is 1. The van der Waals surface area contributed by atoms with Gasteiger partial charge in [0.25, 0.3) is 0 Å². The van der Waals surface area contributed by atoms with Crippen LogP contribution in [0.25, 0.3) is 11.1 Å². The zero-order chi connectivity index (χ0) is 15.9. The average molecular weight is 340 g/mol. The van der Waals surface area contributed by atoms with Crippen molar-refractivity contribution in [2.24, 2.45) is 5.73 Å². The first-order chi connectivity index (χ1) is 10.5. The molecule has 6 heteroatoms. The Morgan fingerprint density at radius 2 is 2.09 bits per heavy atom. The highest BCUT2D eigenvalue weighted by atomic mass is 35.5. The second kappa shape index (κ2) is 5.71. The quantitative estimate of drug-likeness (QED) is 0.858. The monoisotopic (exact) mass is 339 g/mol. The summed E-state index contributed by atoms with van der Waals surface area (Å²) in [5.41, 5.74) is 6.84. The third-order valence-corrected chi connectivity index (χ3v) is 4.18. The normalized spacial score (nSPS) is 16.8. The van der Waals surface area contributed by atoms with Crippen LogP contribution >= 0.6 is 23.2 Å². The number of phenols is 1. The van der Waals surface area contributed by atoms with Gasteiger partial charge in [0.05, 0.1) is 10.0 Å². The Bertz CT molecular complexity index is 777. The molecular formula is C16H12Cl2FNO2. The fourth-order valence-corrected chi connectivity index (χ4v) is 3.13. The molecule has 0 amide bonds. The van der Waals surface area contributed by atoms with E-state index in [0.717, 1.165) is 0 Å². The van der Waals surface area contributed by atoms with E-state index in [1.54, 1.807) is 6.08 Å². The van der Waals surface area contributed by atoms with Gasteiger partial charge in [-0.2, -0.15) is 0 Å². The Labute approximate surface area is 136 Å². The van der Waals surface area contributed by atoms with Crippen LogP contribution in [0.2, 0.25) is 10.0 Å². The van der Waals surface area contributed by atoms with Crippen molar-refractivity contribution in [1.82, 2.24) is 0 Å². The predicted octanol–water partition coefficient (Wildman–Crippen LogP) is 4.28. The molecule has 3 nitrogen and oxygen atoms in total. The Hall–Kier alpha value is -1.91. The lowest BCUT2D eigenvalue weighted by molar-refractivity contribution is 0.284. The molecule has 0 radical (unpaired) electrons. The van der Waals surface area contributed by atoms with Crippen LogP contribution in [0, 0.1) is 5.82 Å². The van der Waals surface area contributed by atoms with Crippen molar-refractivity contribution in [2.45, 2.75) is 12.5 Å². The molecule has 2 aromatic rings. The van der Waals surface area contributed by atoms with Crippen molar-refractivity contribution in [3.63, 3.8) is 0 Å². The minimum Gasteiger partial charge on any atom is -0.506 e. The van der Waals surface area contributed by atoms with Gasteiger partial charge in [-0.25, -0.2) is 4.39 Å². The summed E-state index contributed by atoms with van der Waals surface area (Å²) in [6, 6.07) is 5.59. The second-order valence-corrected chi connectivity index (χ2v) is 5.73. The summed E-state index contributed by atoms with van der Waals surface area (Å²) in [6.07, 6.45) is 3.31. The summed E-state index contributed by atoms with van der Waals surface area (Å²) < 4.78 is 19.7. The van der Waals surface area contributed by atoms with Gasteiger partial charge in [0.1, 0.15) is 23.4 Å². The van der Waals surface area contributed by atoms with Crippen molar-refractivity contribution in [1.29, 1.82) is 0 Å². The van der Waals surface area contributed by atoms with E-state index >= 15 is 0 Å². The summed E-state index contributed by atoms with van der Waals surface area (Å²) in [5.74, 6) is -0.0559. The lowest BCUT2D eigenvalue weighted by Crippen LogP contribution is -2.09. The van der Waals surface area contributed by atoms with Crippen LogP contribution in [0.1, 0.15) is 5.56 Å². The topological polar surface area (TPSA) is 55.5 Å². The van der Waals surface area contributed by atoms with Crippen LogP contribution in [-0.4, -0.2) is 11.2 Å². The number of hydrogen-bond acceptors (Lipinski definition) is 3. The van der Waals surface area contributed by atoms with E-state index in [1.807, 2.05) is 0 Å². The standard InChI is InChI=1S/C16H12Cl2FNO2/c17-12-1-2-13(21)15(18)14(12)11-7-9(19)5-8-6-10(3-4-20)22-16(8)11/h1-5,7,10,21H,6,20H2/b4-3+. The first kappa shape index (κ1) is 15.0. The molecule has 0 aliphatic carbocycles. The number of fused-ring (bicyclic) bond motifs is 1. The van der Waals surface area contributed by atoms with E-state index in [9.17, 15) is 9.50 Å². The minimum absolute atomic E-state index is 0.0571. The van der Waals surface area contributed by atoms with Gasteiger partial charge >= 0.3 is 0 Å². The number of hydrogen-bond donors (Lipinski definition) is 2. The molecule has 0 aromatic heterocycles. The summed E-state index contributed by atoms with van der Waals surface area (Å²) in [5, 5.41) is 10.1. The van der Waals surface area contributed by atoms with Gasteiger partial charge in [-0.15, -0.1) is 0 Å². The first-order valence-corrected chi connectivity index (χ1v) is 7.31. The molecule has 22 heavy (non-hydrogen) atoms. The van der Waals surface area contributed by atoms with Crippen LogP contribution < -0.4 is 10.5 Å². The maximum Gasteiger partial charge on any atom is 0.134 e. The molecule has 0 saturated heterocycles. The highest BCUT2D eigenvalue weighted by molar-refractivity contribution is 6.40. The molecule has 3 rings (SSSR count). The van der Waals surface area contributed by atoms with Crippen molar-refractivity contribution < 1.29 is 14.2 Å². The molecule has 0 fully saturated rings. The maximum atomic E-state index is 13.9. The van der Waals surface area contributed by atoms with Crippen molar-refractivity contribution in [3.8, 4) is 22.6 Å². The number of phenolic OH excluding ortho intramolecular Hbond substituents is 1. The molecule has 1 heterocycles. The highest BCUT2D eigenvalue weighted by Gasteiger charge is 2.27. The summed E-state index contributed by atoms with van der Waals surface area (Å²) in [4.78, 5) is 0. The SMILES string of the molecule is N/C=C/C1Cc2cc(F)cc(-c3c(Cl)ccc(O)c3Cl)c2O1. The molecule has 114 valence electrons. The second-order valence-electron chi connectivity index (χ2n) is 4.94. The van der Waals surface area contributed by atoms with Crippen molar-refractivity contribution in [3.05, 3.63) is 58.0 Å². The van der Waals surface area contributed by atoms with Crippen LogP contribution in [0.3, 0.4) is 0 Å². The van der Waals surface area contributed by atoms with Gasteiger partial charge in [-0.3, -0.25) is 0 Å². The van der Waals surface area contributed by atoms with Crippen molar-refractivity contribution in [2.75, 3.05) is 0 Å². The van der Waals surface area contributed by atoms with Crippen LogP contribution in [0.5, 0.6) is 11.5 Å². The summed E-state index contributed by atoms with van der Waals surface area (Å²) in [7, 11) is 0. The lowest BCUT2D eigenvalue weighted by atomic mass is 9.99. The Morgan fingerprint density at radius 3 is 2.82 bits per heavy atom. The lowest BCUT2D eigenvalue weighted by Gasteiger charge is -2.13. The predicted molar refractivity (Wildman–Crippen MR) is 85.0 cm³/mol. The van der Waals surface area contributed by atoms with E-state index < -0.39 is 5.82 Å². The maximum absolute atomic E-state index is 13.9. The smallest absolute Gasteiger partial charge is 0.134 e. The Morgan fingerprint density at radius 1 is 1.32 bits per heavy atom. The number of rotatable bonds is 2. The number of halogens is 3. The van der Waals surface area contributed by atoms with Gasteiger partial charge in [-0.05, 0) is 36.5 Å². The van der Waals surface area contributed by atoms with Crippen LogP contribution in [0.4, 0.5) is 4.39 Å². The molecule has 0 bridgehead atoms. The van der Waals surface area contributed by atoms with Gasteiger partial charge in [-0.1, -0.05) is 23.2 Å². The van der Waals surface area contributed by atoms with E-state index in [0.29, 0.717) is 33.9 Å². The molecule has 2 aromatic carbocycles. The minimum atomic E-state index is -0.426.